The van der Waals surface area contributed by atoms with Crippen molar-refractivity contribution in [2.45, 2.75) is 0 Å². The number of rotatable bonds is 4. The molecule has 2 heterocycles. The van der Waals surface area contributed by atoms with Crippen LogP contribution in [0.1, 0.15) is 16.2 Å². The fourth-order valence-corrected chi connectivity index (χ4v) is 2.86. The fourth-order valence-electron chi connectivity index (χ4n) is 2.86. The molecule has 0 radical (unpaired) electrons. The van der Waals surface area contributed by atoms with Crippen LogP contribution in [0.2, 0.25) is 0 Å². The lowest BCUT2D eigenvalue weighted by molar-refractivity contribution is 0.0951. The number of benzene rings is 2. The molecule has 0 saturated heterocycles. The molecule has 0 fully saturated rings. The van der Waals surface area contributed by atoms with Crippen LogP contribution in [-0.4, -0.2) is 22.1 Å². The van der Waals surface area contributed by atoms with Crippen LogP contribution in [0.25, 0.3) is 22.0 Å². The molecule has 0 atom stereocenters. The van der Waals surface area contributed by atoms with Crippen LogP contribution in [0.4, 0.5) is 0 Å². The molecule has 1 amide bonds. The van der Waals surface area contributed by atoms with E-state index < -0.39 is 0 Å². The van der Waals surface area contributed by atoms with Gasteiger partial charge in [-0.15, -0.1) is 0 Å². The molecular weight excluding hydrogens is 312 g/mol. The Morgan fingerprint density at radius 3 is 2.56 bits per heavy atom. The summed E-state index contributed by atoms with van der Waals surface area (Å²) < 4.78 is 0. The molecule has 5 nitrogen and oxygen atoms in total. The van der Waals surface area contributed by atoms with Crippen LogP contribution in [0.15, 0.2) is 78.0 Å². The van der Waals surface area contributed by atoms with E-state index in [2.05, 4.69) is 20.5 Å². The van der Waals surface area contributed by atoms with E-state index in [4.69, 9.17) is 0 Å². The number of aromatic nitrogens is 2. The predicted octanol–water partition coefficient (Wildman–Crippen LogP) is 3.93. The second kappa shape index (κ2) is 6.49. The molecule has 0 unspecified atom stereocenters. The Labute approximate surface area is 144 Å². The maximum absolute atomic E-state index is 12.7. The van der Waals surface area contributed by atoms with Gasteiger partial charge in [0.25, 0.3) is 5.91 Å². The van der Waals surface area contributed by atoms with Crippen LogP contribution in [0.3, 0.4) is 0 Å². The van der Waals surface area contributed by atoms with E-state index in [0.29, 0.717) is 5.69 Å². The van der Waals surface area contributed by atoms with Gasteiger partial charge in [-0.25, -0.2) is 5.43 Å². The smallest absolute Gasteiger partial charge is 0.288 e. The van der Waals surface area contributed by atoms with Crippen LogP contribution in [0.5, 0.6) is 0 Å². The third-order valence-corrected chi connectivity index (χ3v) is 3.99. The maximum Gasteiger partial charge on any atom is 0.288 e. The fraction of sp³-hybridized carbons (Fsp3) is 0. The molecule has 122 valence electrons. The topological polar surface area (TPSA) is 73.0 Å². The van der Waals surface area contributed by atoms with Gasteiger partial charge >= 0.3 is 0 Å². The monoisotopic (exact) mass is 328 g/mol. The second-order valence-electron chi connectivity index (χ2n) is 5.61. The largest absolute Gasteiger partial charge is 0.360 e. The second-order valence-corrected chi connectivity index (χ2v) is 5.61. The summed E-state index contributed by atoms with van der Waals surface area (Å²) in [6.45, 7) is 0. The number of hydrogen-bond acceptors (Lipinski definition) is 2. The molecule has 0 saturated carbocycles. The van der Waals surface area contributed by atoms with E-state index in [1.165, 1.54) is 0 Å². The van der Waals surface area contributed by atoms with E-state index in [-0.39, 0.29) is 5.91 Å². The molecule has 0 spiro atoms. The summed E-state index contributed by atoms with van der Waals surface area (Å²) in [5.41, 5.74) is 6.68. The lowest BCUT2D eigenvalue weighted by Crippen LogP contribution is -2.18. The van der Waals surface area contributed by atoms with Gasteiger partial charge in [0.1, 0.15) is 5.69 Å². The summed E-state index contributed by atoms with van der Waals surface area (Å²) in [6, 6.07) is 21.5. The number of amides is 1. The van der Waals surface area contributed by atoms with Crippen molar-refractivity contribution < 1.29 is 4.79 Å². The number of nitrogens with one attached hydrogen (secondary N) is 3. The number of fused-ring (bicyclic) bond motifs is 1. The van der Waals surface area contributed by atoms with Crippen molar-refractivity contribution in [2.75, 3.05) is 0 Å². The molecule has 0 bridgehead atoms. The van der Waals surface area contributed by atoms with Crippen LogP contribution in [0, 0.1) is 0 Å². The van der Waals surface area contributed by atoms with Crippen molar-refractivity contribution in [3.8, 4) is 11.1 Å². The standard InChI is InChI=1S/C20H16N4O/c25-20(24-22-13-15-9-6-12-21-15)19-18(14-7-2-1-3-8-14)16-10-4-5-11-17(16)23-19/h1-13,21,23H,(H,24,25)/b22-13-. The van der Waals surface area contributed by atoms with Crippen molar-refractivity contribution >= 4 is 23.0 Å². The van der Waals surface area contributed by atoms with E-state index in [9.17, 15) is 4.79 Å². The Hall–Kier alpha value is -3.60. The number of carbonyl (C=O) groups excluding carboxylic acids is 1. The lowest BCUT2D eigenvalue weighted by Gasteiger charge is -2.04. The zero-order valence-electron chi connectivity index (χ0n) is 13.4. The first-order valence-electron chi connectivity index (χ1n) is 7.96. The number of para-hydroxylation sites is 1. The van der Waals surface area contributed by atoms with Gasteiger partial charge in [0.05, 0.1) is 11.9 Å². The molecule has 5 heteroatoms. The molecule has 0 aliphatic heterocycles. The van der Waals surface area contributed by atoms with Gasteiger partial charge in [-0.3, -0.25) is 4.79 Å². The predicted molar refractivity (Wildman–Crippen MR) is 99.6 cm³/mol. The van der Waals surface area contributed by atoms with Gasteiger partial charge in [-0.2, -0.15) is 5.10 Å². The third-order valence-electron chi connectivity index (χ3n) is 3.99. The number of carbonyl (C=O) groups is 1. The Morgan fingerprint density at radius 1 is 0.960 bits per heavy atom. The molecule has 2 aromatic heterocycles. The normalized spacial score (nSPS) is 11.2. The summed E-state index contributed by atoms with van der Waals surface area (Å²) in [5, 5.41) is 5.03. The van der Waals surface area contributed by atoms with Crippen LogP contribution < -0.4 is 5.43 Å². The molecule has 2 aromatic carbocycles. The quantitative estimate of drug-likeness (QED) is 0.385. The maximum atomic E-state index is 12.7. The first-order valence-corrected chi connectivity index (χ1v) is 7.96. The van der Waals surface area contributed by atoms with E-state index >= 15 is 0 Å². The summed E-state index contributed by atoms with van der Waals surface area (Å²) in [5.74, 6) is -0.280. The Bertz CT molecular complexity index is 1030. The Morgan fingerprint density at radius 2 is 1.76 bits per heavy atom. The van der Waals surface area contributed by atoms with Crippen molar-refractivity contribution in [3.05, 3.63) is 84.3 Å². The minimum Gasteiger partial charge on any atom is -0.360 e. The van der Waals surface area contributed by atoms with Crippen LogP contribution >= 0.6 is 0 Å². The molecule has 0 aliphatic carbocycles. The number of hydrogen-bond donors (Lipinski definition) is 3. The van der Waals surface area contributed by atoms with Crippen LogP contribution in [-0.2, 0) is 0 Å². The molecule has 4 aromatic rings. The van der Waals surface area contributed by atoms with Gasteiger partial charge in [-0.1, -0.05) is 48.5 Å². The molecule has 4 rings (SSSR count). The Kier molecular flexibility index (Phi) is 3.88. The number of nitrogens with zero attached hydrogens (tertiary/aromatic N) is 1. The molecule has 0 aliphatic rings. The van der Waals surface area contributed by atoms with Crippen molar-refractivity contribution in [1.82, 2.24) is 15.4 Å². The highest BCUT2D eigenvalue weighted by molar-refractivity contribution is 6.09. The highest BCUT2D eigenvalue weighted by Crippen LogP contribution is 2.32. The van der Waals surface area contributed by atoms with E-state index in [0.717, 1.165) is 27.7 Å². The average Bonchev–Trinajstić information content (AvgIpc) is 3.30. The molecule has 3 N–H and O–H groups in total. The van der Waals surface area contributed by atoms with Gasteiger partial charge in [0.15, 0.2) is 0 Å². The van der Waals surface area contributed by atoms with Crippen molar-refractivity contribution in [2.24, 2.45) is 5.10 Å². The zero-order valence-corrected chi connectivity index (χ0v) is 13.4. The minimum absolute atomic E-state index is 0.280. The first-order chi connectivity index (χ1) is 12.3. The summed E-state index contributed by atoms with van der Waals surface area (Å²) in [7, 11) is 0. The van der Waals surface area contributed by atoms with Gasteiger partial charge < -0.3 is 9.97 Å². The minimum atomic E-state index is -0.280. The van der Waals surface area contributed by atoms with Gasteiger partial charge in [0.2, 0.25) is 0 Å². The summed E-state index contributed by atoms with van der Waals surface area (Å²) >= 11 is 0. The van der Waals surface area contributed by atoms with Crippen molar-refractivity contribution in [1.29, 1.82) is 0 Å². The highest BCUT2D eigenvalue weighted by atomic mass is 16.2. The number of hydrazone groups is 1. The molecule has 25 heavy (non-hydrogen) atoms. The summed E-state index contributed by atoms with van der Waals surface area (Å²) in [4.78, 5) is 18.9. The highest BCUT2D eigenvalue weighted by Gasteiger charge is 2.18. The summed E-state index contributed by atoms with van der Waals surface area (Å²) in [6.07, 6.45) is 3.37. The average molecular weight is 328 g/mol. The van der Waals surface area contributed by atoms with Gasteiger partial charge in [-0.05, 0) is 23.8 Å². The first kappa shape index (κ1) is 15.0. The van der Waals surface area contributed by atoms with Gasteiger partial charge in [0, 0.05) is 22.7 Å². The van der Waals surface area contributed by atoms with E-state index in [1.807, 2.05) is 66.7 Å². The zero-order chi connectivity index (χ0) is 17.1. The SMILES string of the molecule is O=C(N/N=C\c1ccc[nH]1)c1[nH]c2ccccc2c1-c1ccccc1. The molecular formula is C20H16N4O. The number of H-pyrrole nitrogens is 2. The van der Waals surface area contributed by atoms with E-state index in [1.54, 1.807) is 12.4 Å². The van der Waals surface area contributed by atoms with Crippen molar-refractivity contribution in [3.63, 3.8) is 0 Å². The third kappa shape index (κ3) is 2.95. The lowest BCUT2D eigenvalue weighted by atomic mass is 10.0. The number of aromatic amines is 2. The Balaban J connectivity index is 1.72.